The van der Waals surface area contributed by atoms with Crippen molar-refractivity contribution in [2.45, 2.75) is 118 Å². The fourth-order valence-electron chi connectivity index (χ4n) is 5.71. The summed E-state index contributed by atoms with van der Waals surface area (Å²) < 4.78 is 8.18. The van der Waals surface area contributed by atoms with Crippen LogP contribution in [0.4, 0.5) is 5.82 Å². The van der Waals surface area contributed by atoms with Gasteiger partial charge in [0.2, 0.25) is 0 Å². The number of nitrogens with zero attached hydrogens (tertiary/aromatic N) is 4. The number of pyridine rings is 1. The highest BCUT2D eigenvalue weighted by Crippen LogP contribution is 2.36. The molecule has 0 saturated carbocycles. The van der Waals surface area contributed by atoms with E-state index in [1.54, 1.807) is 16.4 Å². The molecule has 0 spiro atoms. The average Bonchev–Trinajstić information content (AvgIpc) is 3.18. The number of aromatic nitrogens is 1. The lowest BCUT2D eigenvalue weighted by Crippen LogP contribution is -2.48. The average molecular weight is 587 g/mol. The van der Waals surface area contributed by atoms with Gasteiger partial charge < -0.3 is 9.64 Å². The van der Waals surface area contributed by atoms with E-state index in [4.69, 9.17) is 17.0 Å². The van der Waals surface area contributed by atoms with E-state index in [2.05, 4.69) is 17.9 Å². The molecule has 1 aromatic rings. The molecule has 2 aliphatic heterocycles. The Morgan fingerprint density at radius 3 is 2.12 bits per heavy atom. The van der Waals surface area contributed by atoms with Crippen molar-refractivity contribution in [1.82, 2.24) is 9.47 Å². The number of amides is 1. The van der Waals surface area contributed by atoms with Gasteiger partial charge in [-0.05, 0) is 45.8 Å². The molecule has 9 heteroatoms. The first-order valence-electron chi connectivity index (χ1n) is 15.1. The molecule has 0 aromatic carbocycles. The number of hydrogen-bond acceptors (Lipinski definition) is 7. The standard InChI is InChI=1S/C31H46N4O3S2/c1-6-8-9-10-11-12-13-14-15-16-17-35-30(37)27(40-31(35)39)18-25-24(5)26(19-32)29(36)34(7-2)28(25)33-20-22(3)38-23(4)21-33/h18,22-23H,6-17,20-21H2,1-5H3/b27-18-. The Morgan fingerprint density at radius 1 is 1.00 bits per heavy atom. The molecule has 0 aliphatic carbocycles. The molecule has 7 nitrogen and oxygen atoms in total. The van der Waals surface area contributed by atoms with Crippen LogP contribution in [0.25, 0.3) is 6.08 Å². The highest BCUT2D eigenvalue weighted by Gasteiger charge is 2.34. The zero-order valence-corrected chi connectivity index (χ0v) is 26.6. The lowest BCUT2D eigenvalue weighted by Gasteiger charge is -2.39. The molecule has 220 valence electrons. The first-order valence-corrected chi connectivity index (χ1v) is 16.3. The normalized spacial score (nSPS) is 20.6. The summed E-state index contributed by atoms with van der Waals surface area (Å²) in [5, 5.41) is 9.83. The summed E-state index contributed by atoms with van der Waals surface area (Å²) in [6.45, 7) is 12.3. The number of rotatable bonds is 14. The largest absolute Gasteiger partial charge is 0.372 e. The molecule has 2 atom stereocenters. The van der Waals surface area contributed by atoms with Gasteiger partial charge in [-0.2, -0.15) is 5.26 Å². The van der Waals surface area contributed by atoms with Crippen LogP contribution in [0, 0.1) is 18.3 Å². The SMILES string of the molecule is CCCCCCCCCCCCN1C(=O)/C(=C/c2c(C)c(C#N)c(=O)n(CC)c2N2CC(C)OC(C)C2)SC1=S. The quantitative estimate of drug-likeness (QED) is 0.135. The van der Waals surface area contributed by atoms with Crippen LogP contribution in [0.3, 0.4) is 0 Å². The molecular formula is C31H46N4O3S2. The smallest absolute Gasteiger partial charge is 0.270 e. The summed E-state index contributed by atoms with van der Waals surface area (Å²) in [7, 11) is 0. The van der Waals surface area contributed by atoms with Gasteiger partial charge in [0.25, 0.3) is 11.5 Å². The van der Waals surface area contributed by atoms with Crippen molar-refractivity contribution >= 4 is 46.1 Å². The van der Waals surface area contributed by atoms with E-state index in [1.807, 2.05) is 26.8 Å². The number of morpholine rings is 1. The summed E-state index contributed by atoms with van der Waals surface area (Å²) >= 11 is 6.92. The maximum absolute atomic E-state index is 13.5. The zero-order valence-electron chi connectivity index (χ0n) is 25.0. The Morgan fingerprint density at radius 2 is 1.57 bits per heavy atom. The lowest BCUT2D eigenvalue weighted by molar-refractivity contribution is -0.122. The number of unbranched alkanes of at least 4 members (excludes halogenated alkanes) is 9. The van der Waals surface area contributed by atoms with E-state index in [1.165, 1.54) is 63.1 Å². The van der Waals surface area contributed by atoms with Crippen LogP contribution < -0.4 is 10.5 Å². The Labute approximate surface area is 249 Å². The molecule has 1 amide bonds. The van der Waals surface area contributed by atoms with Gasteiger partial charge in [0.15, 0.2) is 0 Å². The van der Waals surface area contributed by atoms with Gasteiger partial charge >= 0.3 is 0 Å². The third-order valence-electron chi connectivity index (χ3n) is 7.77. The molecule has 2 aliphatic rings. The van der Waals surface area contributed by atoms with Gasteiger partial charge in [-0.15, -0.1) is 0 Å². The van der Waals surface area contributed by atoms with Crippen LogP contribution in [0.2, 0.25) is 0 Å². The molecule has 40 heavy (non-hydrogen) atoms. The number of hydrogen-bond donors (Lipinski definition) is 0. The highest BCUT2D eigenvalue weighted by molar-refractivity contribution is 8.26. The molecule has 0 bridgehead atoms. The number of nitriles is 1. The molecule has 0 radical (unpaired) electrons. The Hall–Kier alpha value is -2.15. The zero-order chi connectivity index (χ0) is 29.2. The number of thioether (sulfide) groups is 1. The second-order valence-corrected chi connectivity index (χ2v) is 12.8. The second-order valence-electron chi connectivity index (χ2n) is 11.1. The maximum Gasteiger partial charge on any atom is 0.270 e. The molecule has 2 saturated heterocycles. The van der Waals surface area contributed by atoms with E-state index in [0.29, 0.717) is 41.0 Å². The summed E-state index contributed by atoms with van der Waals surface area (Å²) in [6.07, 6.45) is 14.2. The van der Waals surface area contributed by atoms with Gasteiger partial charge in [-0.25, -0.2) is 0 Å². The van der Waals surface area contributed by atoms with Crippen molar-refractivity contribution in [2.75, 3.05) is 24.5 Å². The Kier molecular flexibility index (Phi) is 12.7. The number of anilines is 1. The van der Waals surface area contributed by atoms with E-state index >= 15 is 0 Å². The topological polar surface area (TPSA) is 78.6 Å². The molecule has 3 heterocycles. The molecule has 2 unspecified atom stereocenters. The van der Waals surface area contributed by atoms with Gasteiger partial charge in [-0.1, -0.05) is 88.7 Å². The van der Waals surface area contributed by atoms with Crippen molar-refractivity contribution in [1.29, 1.82) is 5.26 Å². The number of ether oxygens (including phenoxy) is 1. The summed E-state index contributed by atoms with van der Waals surface area (Å²) in [6, 6.07) is 2.11. The fourth-order valence-corrected chi connectivity index (χ4v) is 7.00. The fraction of sp³-hybridized carbons (Fsp3) is 0.677. The second kappa shape index (κ2) is 15.7. The van der Waals surface area contributed by atoms with Gasteiger partial charge in [-0.3, -0.25) is 19.1 Å². The molecule has 1 aromatic heterocycles. The Bertz CT molecular complexity index is 1180. The summed E-state index contributed by atoms with van der Waals surface area (Å²) in [4.78, 5) is 31.2. The minimum Gasteiger partial charge on any atom is -0.372 e. The predicted octanol–water partition coefficient (Wildman–Crippen LogP) is 6.78. The van der Waals surface area contributed by atoms with Gasteiger partial charge in [0.05, 0.1) is 17.1 Å². The predicted molar refractivity (Wildman–Crippen MR) is 170 cm³/mol. The third kappa shape index (κ3) is 7.98. The molecule has 3 rings (SSSR count). The molecular weight excluding hydrogens is 541 g/mol. The number of carbonyl (C=O) groups excluding carboxylic acids is 1. The van der Waals surface area contributed by atoms with Crippen LogP contribution in [-0.2, 0) is 16.1 Å². The van der Waals surface area contributed by atoms with Crippen molar-refractivity contribution in [3.8, 4) is 6.07 Å². The Balaban J connectivity index is 1.76. The molecule has 0 N–H and O–H groups in total. The van der Waals surface area contributed by atoms with Crippen LogP contribution >= 0.6 is 24.0 Å². The molecule has 2 fully saturated rings. The van der Waals surface area contributed by atoms with Crippen molar-refractivity contribution < 1.29 is 9.53 Å². The van der Waals surface area contributed by atoms with Gasteiger partial charge in [0, 0.05) is 31.7 Å². The minimum atomic E-state index is -0.296. The van der Waals surface area contributed by atoms with Crippen molar-refractivity contribution in [3.63, 3.8) is 0 Å². The van der Waals surface area contributed by atoms with Crippen molar-refractivity contribution in [2.24, 2.45) is 0 Å². The first-order chi connectivity index (χ1) is 19.2. The highest BCUT2D eigenvalue weighted by atomic mass is 32.2. The lowest BCUT2D eigenvalue weighted by atomic mass is 10.0. The maximum atomic E-state index is 13.5. The van der Waals surface area contributed by atoms with Crippen LogP contribution in [0.1, 0.15) is 109 Å². The first kappa shape index (κ1) is 32.4. The van der Waals surface area contributed by atoms with E-state index in [9.17, 15) is 14.9 Å². The van der Waals surface area contributed by atoms with E-state index in [0.717, 1.165) is 24.2 Å². The van der Waals surface area contributed by atoms with Gasteiger partial charge in [0.1, 0.15) is 21.8 Å². The van der Waals surface area contributed by atoms with E-state index in [-0.39, 0.29) is 29.2 Å². The summed E-state index contributed by atoms with van der Waals surface area (Å²) in [5.74, 6) is 0.652. The van der Waals surface area contributed by atoms with Crippen LogP contribution in [-0.4, -0.2) is 51.5 Å². The van der Waals surface area contributed by atoms with Crippen LogP contribution in [0.15, 0.2) is 9.70 Å². The monoisotopic (exact) mass is 586 g/mol. The van der Waals surface area contributed by atoms with Crippen LogP contribution in [0.5, 0.6) is 0 Å². The number of carbonyl (C=O) groups is 1. The summed E-state index contributed by atoms with van der Waals surface area (Å²) in [5.41, 5.74) is 1.15. The van der Waals surface area contributed by atoms with E-state index < -0.39 is 0 Å². The van der Waals surface area contributed by atoms with Crippen molar-refractivity contribution in [3.05, 3.63) is 31.9 Å². The third-order valence-corrected chi connectivity index (χ3v) is 9.14. The minimum absolute atomic E-state index is 0.00720. The number of thiocarbonyl (C=S) groups is 1.